The van der Waals surface area contributed by atoms with Gasteiger partial charge in [-0.15, -0.1) is 0 Å². The smallest absolute Gasteiger partial charge is 0.227 e. The molecule has 2 nitrogen and oxygen atoms in total. The molecule has 0 spiro atoms. The number of benzene rings is 1. The zero-order valence-corrected chi connectivity index (χ0v) is 7.93. The third-order valence-corrected chi connectivity index (χ3v) is 2.18. The summed E-state index contributed by atoms with van der Waals surface area (Å²) >= 11 is 4.95. The number of hydrogen-bond acceptors (Lipinski definition) is 3. The number of hydrogen-bond donors (Lipinski definition) is 0. The maximum Gasteiger partial charge on any atom is 0.227 e. The summed E-state index contributed by atoms with van der Waals surface area (Å²) in [7, 11) is 1.54. The number of fused-ring (bicyclic) bond motifs is 1. The number of rotatable bonds is 1. The number of furan rings is 1. The number of thiocarbonyl (C=S) groups is 1. The predicted octanol–water partition coefficient (Wildman–Crippen LogP) is 2.75. The zero-order valence-electron chi connectivity index (χ0n) is 7.11. The van der Waals surface area contributed by atoms with Gasteiger partial charge >= 0.3 is 0 Å². The topological polar surface area (TPSA) is 22.4 Å². The summed E-state index contributed by atoms with van der Waals surface area (Å²) in [6, 6.07) is 9.63. The summed E-state index contributed by atoms with van der Waals surface area (Å²) in [6.07, 6.45) is 0. The molecule has 0 atom stereocenters. The molecule has 1 aromatic heterocycles. The second-order valence-corrected chi connectivity index (χ2v) is 3.01. The second-order valence-electron chi connectivity index (χ2n) is 2.64. The Morgan fingerprint density at radius 1 is 1.38 bits per heavy atom. The van der Waals surface area contributed by atoms with E-state index >= 15 is 0 Å². The minimum Gasteiger partial charge on any atom is -0.484 e. The van der Waals surface area contributed by atoms with Crippen molar-refractivity contribution in [1.82, 2.24) is 0 Å². The van der Waals surface area contributed by atoms with Gasteiger partial charge in [0.1, 0.15) is 5.58 Å². The Kier molecular flexibility index (Phi) is 2.02. The van der Waals surface area contributed by atoms with Crippen LogP contribution in [0.15, 0.2) is 34.7 Å². The average molecular weight is 192 g/mol. The Morgan fingerprint density at radius 2 is 2.15 bits per heavy atom. The van der Waals surface area contributed by atoms with E-state index in [9.17, 15) is 0 Å². The van der Waals surface area contributed by atoms with Crippen molar-refractivity contribution in [2.75, 3.05) is 7.11 Å². The third-order valence-electron chi connectivity index (χ3n) is 1.81. The van der Waals surface area contributed by atoms with Gasteiger partial charge in [-0.3, -0.25) is 0 Å². The normalized spacial score (nSPS) is 10.2. The largest absolute Gasteiger partial charge is 0.484 e. The third kappa shape index (κ3) is 1.42. The lowest BCUT2D eigenvalue weighted by molar-refractivity contribution is 0.402. The molecule has 3 heteroatoms. The Morgan fingerprint density at radius 3 is 2.85 bits per heavy atom. The molecule has 0 radical (unpaired) electrons. The van der Waals surface area contributed by atoms with Gasteiger partial charge in [0.2, 0.25) is 5.05 Å². The van der Waals surface area contributed by atoms with E-state index in [1.54, 1.807) is 0 Å². The van der Waals surface area contributed by atoms with Crippen LogP contribution >= 0.6 is 12.2 Å². The molecule has 0 bridgehead atoms. The van der Waals surface area contributed by atoms with Gasteiger partial charge in [0.25, 0.3) is 0 Å². The minimum atomic E-state index is 0.385. The van der Waals surface area contributed by atoms with Crippen LogP contribution < -0.4 is 0 Å². The van der Waals surface area contributed by atoms with E-state index in [-0.39, 0.29) is 0 Å². The first-order chi connectivity index (χ1) is 6.31. The van der Waals surface area contributed by atoms with Gasteiger partial charge in [0.15, 0.2) is 5.76 Å². The maximum atomic E-state index is 5.45. The molecule has 13 heavy (non-hydrogen) atoms. The van der Waals surface area contributed by atoms with E-state index in [0.29, 0.717) is 10.8 Å². The fraction of sp³-hybridized carbons (Fsp3) is 0.100. The van der Waals surface area contributed by atoms with Gasteiger partial charge in [0.05, 0.1) is 7.11 Å². The first kappa shape index (κ1) is 8.26. The minimum absolute atomic E-state index is 0.385. The molecule has 0 unspecified atom stereocenters. The van der Waals surface area contributed by atoms with Crippen LogP contribution in [0.2, 0.25) is 0 Å². The van der Waals surface area contributed by atoms with Crippen molar-refractivity contribution in [1.29, 1.82) is 0 Å². The Labute approximate surface area is 81.1 Å². The highest BCUT2D eigenvalue weighted by Gasteiger charge is 2.07. The number of para-hydroxylation sites is 1. The molecule has 0 saturated carbocycles. The number of methoxy groups -OCH3 is 1. The predicted molar refractivity (Wildman–Crippen MR) is 54.9 cm³/mol. The van der Waals surface area contributed by atoms with E-state index in [4.69, 9.17) is 21.4 Å². The Balaban J connectivity index is 2.56. The number of ether oxygens (including phenoxy) is 1. The molecule has 0 saturated heterocycles. The molecular weight excluding hydrogens is 184 g/mol. The van der Waals surface area contributed by atoms with Crippen molar-refractivity contribution in [3.05, 3.63) is 36.1 Å². The molecule has 2 aromatic rings. The fourth-order valence-corrected chi connectivity index (χ4v) is 1.28. The lowest BCUT2D eigenvalue weighted by Crippen LogP contribution is -1.95. The first-order valence-corrected chi connectivity index (χ1v) is 4.29. The Bertz CT molecular complexity index is 412. The molecule has 0 amide bonds. The highest BCUT2D eigenvalue weighted by atomic mass is 32.1. The van der Waals surface area contributed by atoms with Crippen LogP contribution in [0.5, 0.6) is 0 Å². The van der Waals surface area contributed by atoms with Gasteiger partial charge in [-0.2, -0.15) is 0 Å². The SMILES string of the molecule is COC(=S)c1cc2ccccc2o1. The lowest BCUT2D eigenvalue weighted by atomic mass is 10.2. The molecule has 0 aliphatic heterocycles. The van der Waals surface area contributed by atoms with Crippen molar-refractivity contribution in [3.8, 4) is 0 Å². The summed E-state index contributed by atoms with van der Waals surface area (Å²) in [4.78, 5) is 0. The van der Waals surface area contributed by atoms with E-state index in [0.717, 1.165) is 11.0 Å². The zero-order chi connectivity index (χ0) is 9.26. The van der Waals surface area contributed by atoms with Gasteiger partial charge in [0, 0.05) is 5.39 Å². The van der Waals surface area contributed by atoms with Crippen LogP contribution in [-0.2, 0) is 4.74 Å². The quantitative estimate of drug-likeness (QED) is 0.649. The molecule has 2 rings (SSSR count). The summed E-state index contributed by atoms with van der Waals surface area (Å²) < 4.78 is 10.4. The standard InChI is InChI=1S/C10H8O2S/c1-11-10(13)9-6-7-4-2-3-5-8(7)12-9/h2-6H,1H3. The van der Waals surface area contributed by atoms with E-state index in [2.05, 4.69) is 0 Å². The van der Waals surface area contributed by atoms with Crippen molar-refractivity contribution in [2.45, 2.75) is 0 Å². The van der Waals surface area contributed by atoms with Crippen LogP contribution in [-0.4, -0.2) is 12.2 Å². The van der Waals surface area contributed by atoms with Crippen molar-refractivity contribution < 1.29 is 9.15 Å². The van der Waals surface area contributed by atoms with Gasteiger partial charge < -0.3 is 9.15 Å². The summed E-state index contributed by atoms with van der Waals surface area (Å²) in [6.45, 7) is 0. The van der Waals surface area contributed by atoms with Crippen LogP contribution in [0, 0.1) is 0 Å². The fourth-order valence-electron chi connectivity index (χ4n) is 1.18. The monoisotopic (exact) mass is 192 g/mol. The van der Waals surface area contributed by atoms with Crippen LogP contribution in [0.25, 0.3) is 11.0 Å². The first-order valence-electron chi connectivity index (χ1n) is 3.88. The van der Waals surface area contributed by atoms with E-state index in [1.807, 2.05) is 30.3 Å². The molecule has 1 heterocycles. The van der Waals surface area contributed by atoms with Crippen molar-refractivity contribution >= 4 is 28.2 Å². The second kappa shape index (κ2) is 3.18. The van der Waals surface area contributed by atoms with Crippen LogP contribution in [0.4, 0.5) is 0 Å². The highest BCUT2D eigenvalue weighted by molar-refractivity contribution is 7.80. The highest BCUT2D eigenvalue weighted by Crippen LogP contribution is 2.19. The van der Waals surface area contributed by atoms with Crippen LogP contribution in [0.1, 0.15) is 5.76 Å². The molecule has 0 N–H and O–H groups in total. The maximum absolute atomic E-state index is 5.45. The molecule has 0 aliphatic rings. The summed E-state index contributed by atoms with van der Waals surface area (Å²) in [5.74, 6) is 0.610. The molecule has 1 aromatic carbocycles. The molecule has 0 fully saturated rings. The van der Waals surface area contributed by atoms with Gasteiger partial charge in [-0.1, -0.05) is 18.2 Å². The van der Waals surface area contributed by atoms with Crippen LogP contribution in [0.3, 0.4) is 0 Å². The van der Waals surface area contributed by atoms with Gasteiger partial charge in [-0.05, 0) is 24.4 Å². The molecule has 0 aliphatic carbocycles. The van der Waals surface area contributed by atoms with E-state index < -0.39 is 0 Å². The van der Waals surface area contributed by atoms with E-state index in [1.165, 1.54) is 7.11 Å². The summed E-state index contributed by atoms with van der Waals surface area (Å²) in [5.41, 5.74) is 0.830. The van der Waals surface area contributed by atoms with Crippen molar-refractivity contribution in [3.63, 3.8) is 0 Å². The lowest BCUT2D eigenvalue weighted by Gasteiger charge is -1.94. The van der Waals surface area contributed by atoms with Crippen molar-refractivity contribution in [2.24, 2.45) is 0 Å². The Hall–Kier alpha value is -1.35. The van der Waals surface area contributed by atoms with Gasteiger partial charge in [-0.25, -0.2) is 0 Å². The molecule has 66 valence electrons. The summed E-state index contributed by atoms with van der Waals surface area (Å²) in [5, 5.41) is 1.42. The molecular formula is C10H8O2S. The average Bonchev–Trinajstić information content (AvgIpc) is 2.59.